The van der Waals surface area contributed by atoms with Crippen molar-refractivity contribution in [2.75, 3.05) is 0 Å². The van der Waals surface area contributed by atoms with Crippen LogP contribution >= 0.6 is 15.9 Å². The van der Waals surface area contributed by atoms with Gasteiger partial charge in [-0.3, -0.25) is 4.79 Å². The normalized spacial score (nSPS) is 10.2. The fraction of sp³-hybridized carbons (Fsp3) is 0. The van der Waals surface area contributed by atoms with Crippen molar-refractivity contribution in [3.63, 3.8) is 0 Å². The number of halogens is 1. The molecule has 0 aliphatic heterocycles. The van der Waals surface area contributed by atoms with E-state index < -0.39 is 5.91 Å². The van der Waals surface area contributed by atoms with Gasteiger partial charge in [-0.25, -0.2) is 9.98 Å². The number of hydrogen-bond acceptors (Lipinski definition) is 3. The Morgan fingerprint density at radius 3 is 2.84 bits per heavy atom. The van der Waals surface area contributed by atoms with E-state index in [2.05, 4.69) is 46.9 Å². The molecule has 1 amide bonds. The van der Waals surface area contributed by atoms with Gasteiger partial charge in [-0.1, -0.05) is 18.2 Å². The molecule has 94 valence electrons. The third-order valence-electron chi connectivity index (χ3n) is 2.04. The molecule has 0 aliphatic rings. The number of rotatable bonds is 3. The molecule has 6 nitrogen and oxygen atoms in total. The summed E-state index contributed by atoms with van der Waals surface area (Å²) in [6.07, 6.45) is 2.70. The van der Waals surface area contributed by atoms with Gasteiger partial charge in [0.15, 0.2) is 5.82 Å². The second kappa shape index (κ2) is 6.53. The number of amides is 1. The molecule has 0 saturated heterocycles. The summed E-state index contributed by atoms with van der Waals surface area (Å²) in [5.74, 6) is 0.0543. The van der Waals surface area contributed by atoms with E-state index in [0.29, 0.717) is 16.0 Å². The fourth-order valence-electron chi connectivity index (χ4n) is 1.19. The highest BCUT2D eigenvalue weighted by Crippen LogP contribution is 2.18. The number of benzene rings is 1. The zero-order valence-corrected chi connectivity index (χ0v) is 11.2. The molecule has 19 heavy (non-hydrogen) atoms. The minimum absolute atomic E-state index is 0.404. The lowest BCUT2D eigenvalue weighted by Gasteiger charge is -1.89. The summed E-state index contributed by atoms with van der Waals surface area (Å²) in [7, 11) is 0. The van der Waals surface area contributed by atoms with Crippen molar-refractivity contribution in [3.05, 3.63) is 46.8 Å². The summed E-state index contributed by atoms with van der Waals surface area (Å²) in [5, 5.41) is 0. The summed E-state index contributed by atoms with van der Waals surface area (Å²) >= 11 is 3.22. The Morgan fingerprint density at radius 2 is 2.16 bits per heavy atom. The first-order valence-electron chi connectivity index (χ1n) is 5.24. The standard InChI is InChI=1S/C12H8BrN5O/c13-10-11(17-8-15-10)16-6-14-7-18-12(19)9-4-2-1-3-5-9/h1-6,8H,(H,15,17)/b16-6-. The lowest BCUT2D eigenvalue weighted by atomic mass is 10.2. The highest BCUT2D eigenvalue weighted by atomic mass is 79.9. The average Bonchev–Trinajstić information content (AvgIpc) is 2.85. The number of carbonyl (C=O) groups excluding carboxylic acids is 1. The Bertz CT molecular complexity index is 656. The Morgan fingerprint density at radius 1 is 1.37 bits per heavy atom. The fourth-order valence-corrected chi connectivity index (χ4v) is 1.50. The Balaban J connectivity index is 1.99. The van der Waals surface area contributed by atoms with Crippen LogP contribution in [0.4, 0.5) is 5.82 Å². The van der Waals surface area contributed by atoms with Gasteiger partial charge in [0.1, 0.15) is 17.0 Å². The van der Waals surface area contributed by atoms with Gasteiger partial charge in [0.2, 0.25) is 0 Å². The van der Waals surface area contributed by atoms with Crippen LogP contribution in [0.5, 0.6) is 0 Å². The lowest BCUT2D eigenvalue weighted by Crippen LogP contribution is -1.92. The first-order chi connectivity index (χ1) is 9.27. The maximum absolute atomic E-state index is 11.5. The SMILES string of the molecule is O=C(N=C=N/C=N\c1nc[nH]c1Br)c1ccccc1. The number of hydrogen-bond donors (Lipinski definition) is 1. The van der Waals surface area contributed by atoms with Crippen LogP contribution in [0.25, 0.3) is 0 Å². The van der Waals surface area contributed by atoms with Crippen molar-refractivity contribution in [1.29, 1.82) is 0 Å². The van der Waals surface area contributed by atoms with Crippen molar-refractivity contribution < 1.29 is 4.79 Å². The van der Waals surface area contributed by atoms with Crippen LogP contribution in [0.1, 0.15) is 10.4 Å². The van der Waals surface area contributed by atoms with Gasteiger partial charge in [-0.2, -0.15) is 4.99 Å². The Labute approximate surface area is 117 Å². The number of carbonyl (C=O) groups is 1. The molecule has 0 aliphatic carbocycles. The molecule has 7 heteroatoms. The maximum Gasteiger partial charge on any atom is 0.286 e. The predicted molar refractivity (Wildman–Crippen MR) is 75.1 cm³/mol. The molecular weight excluding hydrogens is 310 g/mol. The van der Waals surface area contributed by atoms with Crippen molar-refractivity contribution in [2.24, 2.45) is 15.0 Å². The van der Waals surface area contributed by atoms with E-state index in [1.165, 1.54) is 12.7 Å². The van der Waals surface area contributed by atoms with Gasteiger partial charge in [0.25, 0.3) is 5.91 Å². The number of aliphatic imine (C=N–C) groups is 3. The van der Waals surface area contributed by atoms with Gasteiger partial charge in [0, 0.05) is 5.56 Å². The first-order valence-corrected chi connectivity index (χ1v) is 6.03. The third kappa shape index (κ3) is 3.80. The van der Waals surface area contributed by atoms with Crippen LogP contribution in [0, 0.1) is 0 Å². The summed E-state index contributed by atoms with van der Waals surface area (Å²) in [5.41, 5.74) is 0.484. The molecule has 2 rings (SSSR count). The number of nitrogens with zero attached hydrogens (tertiary/aromatic N) is 4. The minimum Gasteiger partial charge on any atom is -0.337 e. The predicted octanol–water partition coefficient (Wildman–Crippen LogP) is 2.85. The van der Waals surface area contributed by atoms with Crippen molar-refractivity contribution in [2.45, 2.75) is 0 Å². The minimum atomic E-state index is -0.404. The van der Waals surface area contributed by atoms with Gasteiger partial charge < -0.3 is 4.98 Å². The summed E-state index contributed by atoms with van der Waals surface area (Å²) in [4.78, 5) is 29.4. The van der Waals surface area contributed by atoms with E-state index in [-0.39, 0.29) is 0 Å². The van der Waals surface area contributed by atoms with Crippen LogP contribution in [0.3, 0.4) is 0 Å². The van der Waals surface area contributed by atoms with E-state index in [4.69, 9.17) is 0 Å². The summed E-state index contributed by atoms with van der Waals surface area (Å²) in [6.45, 7) is 0. The number of nitrogens with one attached hydrogen (secondary N) is 1. The highest BCUT2D eigenvalue weighted by molar-refractivity contribution is 9.10. The largest absolute Gasteiger partial charge is 0.337 e. The molecule has 0 unspecified atom stereocenters. The molecule has 2 aromatic rings. The van der Waals surface area contributed by atoms with Gasteiger partial charge in [0.05, 0.1) is 6.33 Å². The van der Waals surface area contributed by atoms with Gasteiger partial charge in [-0.05, 0) is 28.1 Å². The molecule has 1 N–H and O–H groups in total. The molecule has 0 atom stereocenters. The Kier molecular flexibility index (Phi) is 4.49. The van der Waals surface area contributed by atoms with E-state index in [1.54, 1.807) is 24.3 Å². The van der Waals surface area contributed by atoms with E-state index in [0.717, 1.165) is 0 Å². The molecule has 1 heterocycles. The molecule has 0 radical (unpaired) electrons. The zero-order valence-electron chi connectivity index (χ0n) is 9.62. The Hall–Kier alpha value is -2.37. The highest BCUT2D eigenvalue weighted by Gasteiger charge is 1.99. The molecule has 0 saturated carbocycles. The quantitative estimate of drug-likeness (QED) is 0.697. The smallest absolute Gasteiger partial charge is 0.286 e. The maximum atomic E-state index is 11.5. The summed E-state index contributed by atoms with van der Waals surface area (Å²) in [6, 6.07) is 10.9. The number of H-pyrrole nitrogens is 1. The molecular formula is C12H8BrN5O. The third-order valence-corrected chi connectivity index (χ3v) is 2.63. The van der Waals surface area contributed by atoms with Crippen LogP contribution in [0.15, 0.2) is 56.2 Å². The lowest BCUT2D eigenvalue weighted by molar-refractivity contribution is 0.100. The van der Waals surface area contributed by atoms with Crippen LogP contribution in [-0.2, 0) is 0 Å². The van der Waals surface area contributed by atoms with E-state index in [9.17, 15) is 4.79 Å². The molecule has 0 bridgehead atoms. The average molecular weight is 318 g/mol. The summed E-state index contributed by atoms with van der Waals surface area (Å²) < 4.78 is 0.649. The van der Waals surface area contributed by atoms with E-state index >= 15 is 0 Å². The second-order valence-corrected chi connectivity index (χ2v) is 4.09. The van der Waals surface area contributed by atoms with Crippen molar-refractivity contribution in [1.82, 2.24) is 9.97 Å². The van der Waals surface area contributed by atoms with Crippen molar-refractivity contribution >= 4 is 40.0 Å². The van der Waals surface area contributed by atoms with E-state index in [1.807, 2.05) is 6.07 Å². The van der Waals surface area contributed by atoms with Crippen LogP contribution in [-0.4, -0.2) is 28.2 Å². The second-order valence-electron chi connectivity index (χ2n) is 3.30. The monoisotopic (exact) mass is 317 g/mol. The zero-order chi connectivity index (χ0) is 13.5. The molecule has 1 aromatic heterocycles. The van der Waals surface area contributed by atoms with Crippen LogP contribution in [0.2, 0.25) is 0 Å². The number of aromatic amines is 1. The first kappa shape index (κ1) is 13.1. The van der Waals surface area contributed by atoms with Crippen LogP contribution < -0.4 is 0 Å². The molecule has 0 spiro atoms. The van der Waals surface area contributed by atoms with Gasteiger partial charge >= 0.3 is 0 Å². The van der Waals surface area contributed by atoms with Crippen molar-refractivity contribution in [3.8, 4) is 0 Å². The number of imidazole rings is 1. The molecule has 1 aromatic carbocycles. The topological polar surface area (TPSA) is 82.8 Å². The number of aromatic nitrogens is 2. The van der Waals surface area contributed by atoms with Gasteiger partial charge in [-0.15, -0.1) is 4.99 Å². The molecule has 0 fully saturated rings.